The SMILES string of the molecule is CC(=O)N1CC2(CCN(c3ccc(Nc4ncc5cnn(-c6cccc(N=S(C)(C)=O)n6)c5n4)cc3)CC2)C1. The summed E-state index contributed by atoms with van der Waals surface area (Å²) in [5.74, 6) is 1.54. The minimum atomic E-state index is -2.33. The Bertz CT molecular complexity index is 1650. The van der Waals surface area contributed by atoms with Crippen molar-refractivity contribution in [1.82, 2.24) is 29.6 Å². The number of pyridine rings is 1. The van der Waals surface area contributed by atoms with Gasteiger partial charge in [-0.05, 0) is 49.2 Å². The third kappa shape index (κ3) is 5.29. The number of rotatable bonds is 5. The summed E-state index contributed by atoms with van der Waals surface area (Å²) in [4.78, 5) is 29.6. The van der Waals surface area contributed by atoms with Gasteiger partial charge in [0.1, 0.15) is 0 Å². The maximum atomic E-state index is 12.1. The number of nitrogens with zero attached hydrogens (tertiary/aromatic N) is 8. The zero-order valence-electron chi connectivity index (χ0n) is 22.2. The average molecular weight is 546 g/mol. The highest BCUT2D eigenvalue weighted by Gasteiger charge is 2.45. The van der Waals surface area contributed by atoms with Gasteiger partial charge in [0.25, 0.3) is 0 Å². The number of aromatic nitrogens is 5. The molecule has 0 aliphatic carbocycles. The molecule has 2 aliphatic heterocycles. The Labute approximate surface area is 227 Å². The fourth-order valence-electron chi connectivity index (χ4n) is 5.28. The number of piperidine rings is 1. The van der Waals surface area contributed by atoms with Gasteiger partial charge < -0.3 is 15.1 Å². The number of benzene rings is 1. The summed E-state index contributed by atoms with van der Waals surface area (Å²) in [7, 11) is -2.33. The Balaban J connectivity index is 1.15. The van der Waals surface area contributed by atoms with Gasteiger partial charge in [0.15, 0.2) is 17.3 Å². The summed E-state index contributed by atoms with van der Waals surface area (Å²) in [6.07, 6.45) is 8.78. The van der Waals surface area contributed by atoms with Crippen molar-refractivity contribution in [3.05, 3.63) is 54.9 Å². The standard InChI is InChI=1S/C27H31N9O2S/c1-19(37)35-17-27(18-35)11-13-34(14-12-27)22-9-7-21(8-10-22)30-26-28-15-20-16-29-36(25(20)32-26)24-6-4-5-23(31-24)33-39(2,3)38/h4-10,15-16H,11-14,17-18H2,1-3H3,(H,28,30,32). The van der Waals surface area contributed by atoms with Gasteiger partial charge in [-0.25, -0.2) is 14.2 Å². The second kappa shape index (κ2) is 9.60. The van der Waals surface area contributed by atoms with Crippen LogP contribution in [-0.2, 0) is 14.5 Å². The number of anilines is 3. The third-order valence-electron chi connectivity index (χ3n) is 7.37. The van der Waals surface area contributed by atoms with Gasteiger partial charge in [-0.2, -0.15) is 19.1 Å². The molecule has 12 heteroatoms. The number of nitrogens with one attached hydrogen (secondary N) is 1. The molecule has 3 aromatic heterocycles. The second-order valence-corrected chi connectivity index (χ2v) is 13.2. The molecule has 1 N–H and O–H groups in total. The van der Waals surface area contributed by atoms with E-state index in [9.17, 15) is 9.00 Å². The first-order valence-corrected chi connectivity index (χ1v) is 15.2. The first-order valence-electron chi connectivity index (χ1n) is 12.9. The summed E-state index contributed by atoms with van der Waals surface area (Å²) in [5.41, 5.74) is 2.98. The lowest BCUT2D eigenvalue weighted by molar-refractivity contribution is -0.142. The molecule has 11 nitrogen and oxygen atoms in total. The first-order chi connectivity index (χ1) is 18.7. The fourth-order valence-corrected chi connectivity index (χ4v) is 5.83. The molecule has 5 heterocycles. The molecule has 39 heavy (non-hydrogen) atoms. The number of amides is 1. The highest BCUT2D eigenvalue weighted by atomic mass is 32.2. The molecule has 1 spiro atoms. The van der Waals surface area contributed by atoms with Crippen molar-refractivity contribution in [3.8, 4) is 5.82 Å². The summed E-state index contributed by atoms with van der Waals surface area (Å²) < 4.78 is 17.9. The van der Waals surface area contributed by atoms with Crippen LogP contribution in [0.4, 0.5) is 23.1 Å². The Hall–Kier alpha value is -4.06. The summed E-state index contributed by atoms with van der Waals surface area (Å²) in [6.45, 7) is 5.45. The van der Waals surface area contributed by atoms with Crippen LogP contribution in [0, 0.1) is 5.41 Å². The lowest BCUT2D eigenvalue weighted by Gasteiger charge is -2.54. The summed E-state index contributed by atoms with van der Waals surface area (Å²) >= 11 is 0. The Morgan fingerprint density at radius 2 is 1.77 bits per heavy atom. The van der Waals surface area contributed by atoms with Crippen LogP contribution in [0.5, 0.6) is 0 Å². The van der Waals surface area contributed by atoms with E-state index in [0.29, 0.717) is 28.6 Å². The van der Waals surface area contributed by atoms with E-state index >= 15 is 0 Å². The van der Waals surface area contributed by atoms with E-state index < -0.39 is 9.73 Å². The van der Waals surface area contributed by atoms with Gasteiger partial charge in [0.2, 0.25) is 11.9 Å². The quantitative estimate of drug-likeness (QED) is 0.402. The van der Waals surface area contributed by atoms with Crippen molar-refractivity contribution in [2.45, 2.75) is 19.8 Å². The highest BCUT2D eigenvalue weighted by molar-refractivity contribution is 7.92. The lowest BCUT2D eigenvalue weighted by atomic mass is 9.72. The van der Waals surface area contributed by atoms with Crippen LogP contribution in [0.15, 0.2) is 59.2 Å². The topological polar surface area (TPSA) is 122 Å². The van der Waals surface area contributed by atoms with Gasteiger partial charge >= 0.3 is 0 Å². The molecule has 202 valence electrons. The number of hydrogen-bond acceptors (Lipinski definition) is 9. The van der Waals surface area contributed by atoms with Crippen LogP contribution in [0.2, 0.25) is 0 Å². The average Bonchev–Trinajstić information content (AvgIpc) is 3.30. The third-order valence-corrected chi connectivity index (χ3v) is 8.00. The molecule has 2 fully saturated rings. The molecule has 1 aromatic carbocycles. The largest absolute Gasteiger partial charge is 0.371 e. The normalized spacial score (nSPS) is 16.8. The number of likely N-dealkylation sites (tertiary alicyclic amines) is 1. The molecule has 1 amide bonds. The van der Waals surface area contributed by atoms with Crippen molar-refractivity contribution in [1.29, 1.82) is 0 Å². The lowest BCUT2D eigenvalue weighted by Crippen LogP contribution is -2.61. The molecular formula is C27H31N9O2S. The molecular weight excluding hydrogens is 514 g/mol. The van der Waals surface area contributed by atoms with E-state index in [1.54, 1.807) is 54.7 Å². The summed E-state index contributed by atoms with van der Waals surface area (Å²) in [5, 5.41) is 8.50. The molecule has 0 saturated carbocycles. The van der Waals surface area contributed by atoms with Gasteiger partial charge in [-0.1, -0.05) is 6.07 Å². The smallest absolute Gasteiger partial charge is 0.229 e. The van der Waals surface area contributed by atoms with Crippen molar-refractivity contribution in [2.75, 3.05) is 48.9 Å². The van der Waals surface area contributed by atoms with Gasteiger partial charge in [0, 0.05) is 78.3 Å². The van der Waals surface area contributed by atoms with Crippen LogP contribution in [0.1, 0.15) is 19.8 Å². The van der Waals surface area contributed by atoms with E-state index in [-0.39, 0.29) is 5.91 Å². The number of hydrogen-bond donors (Lipinski definition) is 1. The maximum absolute atomic E-state index is 12.1. The molecule has 2 aliphatic rings. The summed E-state index contributed by atoms with van der Waals surface area (Å²) in [6, 6.07) is 13.6. The highest BCUT2D eigenvalue weighted by Crippen LogP contribution is 2.41. The van der Waals surface area contributed by atoms with Crippen molar-refractivity contribution >= 4 is 49.8 Å². The maximum Gasteiger partial charge on any atom is 0.229 e. The van der Waals surface area contributed by atoms with E-state index in [1.165, 1.54) is 5.69 Å². The first kappa shape index (κ1) is 25.2. The number of fused-ring (bicyclic) bond motifs is 1. The van der Waals surface area contributed by atoms with Crippen LogP contribution in [0.25, 0.3) is 16.9 Å². The van der Waals surface area contributed by atoms with E-state index in [0.717, 1.165) is 50.1 Å². The predicted octanol–water partition coefficient (Wildman–Crippen LogP) is 3.76. The molecule has 4 aromatic rings. The zero-order valence-corrected chi connectivity index (χ0v) is 23.1. The van der Waals surface area contributed by atoms with Crippen molar-refractivity contribution in [3.63, 3.8) is 0 Å². The van der Waals surface area contributed by atoms with Crippen LogP contribution >= 0.6 is 0 Å². The molecule has 6 rings (SSSR count). The number of carbonyl (C=O) groups is 1. The van der Waals surface area contributed by atoms with E-state index in [1.807, 2.05) is 17.0 Å². The van der Waals surface area contributed by atoms with Crippen LogP contribution in [0.3, 0.4) is 0 Å². The minimum Gasteiger partial charge on any atom is -0.371 e. The molecule has 2 saturated heterocycles. The Morgan fingerprint density at radius 3 is 2.46 bits per heavy atom. The zero-order chi connectivity index (χ0) is 27.2. The van der Waals surface area contributed by atoms with Gasteiger partial charge in [-0.15, -0.1) is 0 Å². The molecule has 0 unspecified atom stereocenters. The number of carbonyl (C=O) groups excluding carboxylic acids is 1. The van der Waals surface area contributed by atoms with Crippen LogP contribution in [-0.4, -0.2) is 78.4 Å². The van der Waals surface area contributed by atoms with Crippen LogP contribution < -0.4 is 10.2 Å². The Morgan fingerprint density at radius 1 is 1.03 bits per heavy atom. The monoisotopic (exact) mass is 545 g/mol. The van der Waals surface area contributed by atoms with Gasteiger partial charge in [-0.3, -0.25) is 4.79 Å². The van der Waals surface area contributed by atoms with Crippen molar-refractivity contribution < 1.29 is 9.00 Å². The van der Waals surface area contributed by atoms with Crippen molar-refractivity contribution in [2.24, 2.45) is 9.78 Å². The second-order valence-electron chi connectivity index (χ2n) is 10.7. The molecule has 0 bridgehead atoms. The van der Waals surface area contributed by atoms with Gasteiger partial charge in [0.05, 0.1) is 11.6 Å². The minimum absolute atomic E-state index is 0.182. The molecule has 0 atom stereocenters. The Kier molecular flexibility index (Phi) is 6.21. The van der Waals surface area contributed by atoms with E-state index in [2.05, 4.69) is 46.8 Å². The predicted molar refractivity (Wildman–Crippen MR) is 152 cm³/mol. The molecule has 0 radical (unpaired) electrons. The van der Waals surface area contributed by atoms with E-state index in [4.69, 9.17) is 0 Å². The fraction of sp³-hybridized carbons (Fsp3) is 0.370.